The third-order valence-electron chi connectivity index (χ3n) is 3.92. The van der Waals surface area contributed by atoms with Crippen LogP contribution in [0.1, 0.15) is 20.7 Å². The first-order valence-electron chi connectivity index (χ1n) is 8.80. The van der Waals surface area contributed by atoms with Crippen molar-refractivity contribution in [2.24, 2.45) is 0 Å². The molecular formula is C23H20N2O3. The van der Waals surface area contributed by atoms with E-state index in [1.165, 1.54) is 0 Å². The average molecular weight is 372 g/mol. The average Bonchev–Trinajstić information content (AvgIpc) is 2.74. The lowest BCUT2D eigenvalue weighted by Crippen LogP contribution is -2.23. The van der Waals surface area contributed by atoms with Gasteiger partial charge in [0.15, 0.2) is 5.75 Å². The van der Waals surface area contributed by atoms with Crippen LogP contribution in [0.15, 0.2) is 91.5 Å². The van der Waals surface area contributed by atoms with Crippen LogP contribution in [0.2, 0.25) is 0 Å². The lowest BCUT2D eigenvalue weighted by Gasteiger charge is -2.12. The summed E-state index contributed by atoms with van der Waals surface area (Å²) in [5, 5.41) is 5.55. The number of rotatable bonds is 7. The van der Waals surface area contributed by atoms with Crippen LogP contribution >= 0.6 is 0 Å². The van der Waals surface area contributed by atoms with E-state index >= 15 is 0 Å². The summed E-state index contributed by atoms with van der Waals surface area (Å²) in [6.07, 6.45) is 1.61. The first-order chi connectivity index (χ1) is 13.7. The minimum absolute atomic E-state index is 0.214. The highest BCUT2D eigenvalue weighted by Crippen LogP contribution is 2.29. The zero-order valence-electron chi connectivity index (χ0n) is 15.2. The standard InChI is InChI=1S/C23H20N2O3/c1-2-16-24-22(26)17-12-14-18(15-13-17)23(27)25-20-10-6-7-11-21(20)28-19-8-4-3-5-9-19/h2-15H,1,16H2,(H,24,26)(H,25,27). The first kappa shape index (κ1) is 18.9. The molecule has 3 aromatic rings. The van der Waals surface area contributed by atoms with Crippen LogP contribution in [0, 0.1) is 0 Å². The number of carbonyl (C=O) groups excluding carboxylic acids is 2. The molecule has 0 aromatic heterocycles. The third kappa shape index (κ3) is 4.86. The smallest absolute Gasteiger partial charge is 0.255 e. The van der Waals surface area contributed by atoms with Crippen molar-refractivity contribution in [1.29, 1.82) is 0 Å². The molecular weight excluding hydrogens is 352 g/mol. The molecule has 5 heteroatoms. The van der Waals surface area contributed by atoms with E-state index in [0.29, 0.717) is 34.9 Å². The van der Waals surface area contributed by atoms with E-state index in [2.05, 4.69) is 17.2 Å². The van der Waals surface area contributed by atoms with Crippen molar-refractivity contribution in [3.63, 3.8) is 0 Å². The molecule has 28 heavy (non-hydrogen) atoms. The summed E-state index contributed by atoms with van der Waals surface area (Å²) in [5.41, 5.74) is 1.48. The number of para-hydroxylation sites is 3. The summed E-state index contributed by atoms with van der Waals surface area (Å²) < 4.78 is 5.86. The Morgan fingerprint density at radius 1 is 0.821 bits per heavy atom. The van der Waals surface area contributed by atoms with Crippen molar-refractivity contribution in [2.75, 3.05) is 11.9 Å². The second kappa shape index (κ2) is 9.19. The molecule has 140 valence electrons. The fraction of sp³-hybridized carbons (Fsp3) is 0.0435. The van der Waals surface area contributed by atoms with Gasteiger partial charge in [-0.05, 0) is 48.5 Å². The summed E-state index contributed by atoms with van der Waals surface area (Å²) in [4.78, 5) is 24.5. The van der Waals surface area contributed by atoms with E-state index in [-0.39, 0.29) is 11.8 Å². The van der Waals surface area contributed by atoms with Gasteiger partial charge in [-0.2, -0.15) is 0 Å². The summed E-state index contributed by atoms with van der Waals surface area (Å²) in [5.74, 6) is 0.720. The Kier molecular flexibility index (Phi) is 6.21. The number of nitrogens with one attached hydrogen (secondary N) is 2. The van der Waals surface area contributed by atoms with Gasteiger partial charge in [0.1, 0.15) is 5.75 Å². The minimum atomic E-state index is -0.290. The molecule has 2 N–H and O–H groups in total. The number of anilines is 1. The Labute approximate surface area is 163 Å². The SMILES string of the molecule is C=CCNC(=O)c1ccc(C(=O)Nc2ccccc2Oc2ccccc2)cc1. The van der Waals surface area contributed by atoms with Gasteiger partial charge in [-0.1, -0.05) is 36.4 Å². The molecule has 0 heterocycles. The van der Waals surface area contributed by atoms with Gasteiger partial charge in [0, 0.05) is 17.7 Å². The highest BCUT2D eigenvalue weighted by atomic mass is 16.5. The lowest BCUT2D eigenvalue weighted by atomic mass is 10.1. The van der Waals surface area contributed by atoms with Gasteiger partial charge in [-0.25, -0.2) is 0 Å². The van der Waals surface area contributed by atoms with Crippen LogP contribution in [-0.4, -0.2) is 18.4 Å². The van der Waals surface area contributed by atoms with Gasteiger partial charge >= 0.3 is 0 Å². The van der Waals surface area contributed by atoms with E-state index in [0.717, 1.165) is 0 Å². The highest BCUT2D eigenvalue weighted by Gasteiger charge is 2.12. The van der Waals surface area contributed by atoms with Crippen LogP contribution in [-0.2, 0) is 0 Å². The van der Waals surface area contributed by atoms with Gasteiger partial charge < -0.3 is 15.4 Å². The molecule has 0 aliphatic rings. The Balaban J connectivity index is 1.71. The third-order valence-corrected chi connectivity index (χ3v) is 3.92. The molecule has 0 fully saturated rings. The molecule has 3 aromatic carbocycles. The second-order valence-corrected chi connectivity index (χ2v) is 5.94. The second-order valence-electron chi connectivity index (χ2n) is 5.94. The zero-order valence-corrected chi connectivity index (χ0v) is 15.2. The fourth-order valence-corrected chi connectivity index (χ4v) is 2.51. The maximum atomic E-state index is 12.6. The van der Waals surface area contributed by atoms with Crippen molar-refractivity contribution in [3.05, 3.63) is 103 Å². The molecule has 0 radical (unpaired) electrons. The summed E-state index contributed by atoms with van der Waals surface area (Å²) in [7, 11) is 0. The number of hydrogen-bond acceptors (Lipinski definition) is 3. The van der Waals surface area contributed by atoms with E-state index < -0.39 is 0 Å². The molecule has 3 rings (SSSR count). The normalized spacial score (nSPS) is 10.0. The maximum absolute atomic E-state index is 12.6. The maximum Gasteiger partial charge on any atom is 0.255 e. The zero-order chi connectivity index (χ0) is 19.8. The number of hydrogen-bond donors (Lipinski definition) is 2. The van der Waals surface area contributed by atoms with Gasteiger partial charge in [0.25, 0.3) is 11.8 Å². The van der Waals surface area contributed by atoms with E-state index in [1.54, 1.807) is 42.5 Å². The minimum Gasteiger partial charge on any atom is -0.455 e. The van der Waals surface area contributed by atoms with Crippen LogP contribution < -0.4 is 15.4 Å². The Bertz CT molecular complexity index is 967. The van der Waals surface area contributed by atoms with E-state index in [9.17, 15) is 9.59 Å². The number of benzene rings is 3. The largest absolute Gasteiger partial charge is 0.455 e. The lowest BCUT2D eigenvalue weighted by molar-refractivity contribution is 0.0956. The van der Waals surface area contributed by atoms with Crippen molar-refractivity contribution in [1.82, 2.24) is 5.32 Å². The Morgan fingerprint density at radius 3 is 2.11 bits per heavy atom. The molecule has 0 spiro atoms. The summed E-state index contributed by atoms with van der Waals surface area (Å²) in [6, 6.07) is 23.0. The van der Waals surface area contributed by atoms with Gasteiger partial charge in [0.05, 0.1) is 5.69 Å². The van der Waals surface area contributed by atoms with Crippen LogP contribution in [0.4, 0.5) is 5.69 Å². The Hall–Kier alpha value is -3.86. The molecule has 0 saturated heterocycles. The van der Waals surface area contributed by atoms with Gasteiger partial charge in [0.2, 0.25) is 0 Å². The molecule has 0 aliphatic carbocycles. The highest BCUT2D eigenvalue weighted by molar-refractivity contribution is 6.05. The number of carbonyl (C=O) groups is 2. The van der Waals surface area contributed by atoms with Crippen molar-refractivity contribution in [2.45, 2.75) is 0 Å². The predicted octanol–water partition coefficient (Wildman–Crippen LogP) is 4.65. The molecule has 0 unspecified atom stereocenters. The van der Waals surface area contributed by atoms with E-state index in [1.807, 2.05) is 42.5 Å². The van der Waals surface area contributed by atoms with Crippen LogP contribution in [0.3, 0.4) is 0 Å². The van der Waals surface area contributed by atoms with Crippen LogP contribution in [0.25, 0.3) is 0 Å². The van der Waals surface area contributed by atoms with Crippen molar-refractivity contribution in [3.8, 4) is 11.5 Å². The van der Waals surface area contributed by atoms with Crippen molar-refractivity contribution < 1.29 is 14.3 Å². The Morgan fingerprint density at radius 2 is 1.43 bits per heavy atom. The quantitative estimate of drug-likeness (QED) is 0.594. The van der Waals surface area contributed by atoms with Crippen molar-refractivity contribution >= 4 is 17.5 Å². The van der Waals surface area contributed by atoms with Gasteiger partial charge in [-0.3, -0.25) is 9.59 Å². The summed E-state index contributed by atoms with van der Waals surface area (Å²) in [6.45, 7) is 3.95. The topological polar surface area (TPSA) is 67.4 Å². The fourth-order valence-electron chi connectivity index (χ4n) is 2.51. The molecule has 0 saturated carbocycles. The molecule has 2 amide bonds. The molecule has 0 atom stereocenters. The number of amides is 2. The molecule has 5 nitrogen and oxygen atoms in total. The van der Waals surface area contributed by atoms with Gasteiger partial charge in [-0.15, -0.1) is 6.58 Å². The monoisotopic (exact) mass is 372 g/mol. The van der Waals surface area contributed by atoms with Crippen LogP contribution in [0.5, 0.6) is 11.5 Å². The molecule has 0 aliphatic heterocycles. The predicted molar refractivity (Wildman–Crippen MR) is 110 cm³/mol. The first-order valence-corrected chi connectivity index (χ1v) is 8.80. The summed E-state index contributed by atoms with van der Waals surface area (Å²) >= 11 is 0. The van der Waals surface area contributed by atoms with E-state index in [4.69, 9.17) is 4.74 Å². The molecule has 0 bridgehead atoms. The number of ether oxygens (including phenoxy) is 1.